The number of primary amides is 1. The van der Waals surface area contributed by atoms with Gasteiger partial charge in [0.1, 0.15) is 11.3 Å². The van der Waals surface area contributed by atoms with Crippen LogP contribution in [0.2, 0.25) is 10.0 Å². The third kappa shape index (κ3) is 4.59. The fraction of sp³-hybridized carbons (Fsp3) is 0.429. The summed E-state index contributed by atoms with van der Waals surface area (Å²) < 4.78 is 16.6. The van der Waals surface area contributed by atoms with E-state index in [2.05, 4.69) is 25.6 Å². The molecule has 0 spiro atoms. The molecule has 1 aromatic carbocycles. The quantitative estimate of drug-likeness (QED) is 0.455. The lowest BCUT2D eigenvalue weighted by Crippen LogP contribution is -2.28. The highest BCUT2D eigenvalue weighted by molar-refractivity contribution is 6.36. The fourth-order valence-corrected chi connectivity index (χ4v) is 4.56. The SMILES string of the molecule is CC(C)Nc1ncc2nc(Nc3c(F)cc(Cl)cc3Cl)n([C@H]3CC[C@@H](C(N)=O)CC3)c2n1. The number of hydrogen-bond donors (Lipinski definition) is 3. The number of anilines is 3. The van der Waals surface area contributed by atoms with Gasteiger partial charge < -0.3 is 16.4 Å². The van der Waals surface area contributed by atoms with E-state index in [9.17, 15) is 9.18 Å². The molecule has 0 radical (unpaired) electrons. The Labute approximate surface area is 194 Å². The lowest BCUT2D eigenvalue weighted by Gasteiger charge is -2.29. The van der Waals surface area contributed by atoms with Gasteiger partial charge in [0.05, 0.1) is 16.9 Å². The number of benzene rings is 1. The lowest BCUT2D eigenvalue weighted by atomic mass is 9.85. The summed E-state index contributed by atoms with van der Waals surface area (Å²) in [4.78, 5) is 25.2. The molecule has 0 saturated heterocycles. The van der Waals surface area contributed by atoms with Crippen molar-refractivity contribution < 1.29 is 9.18 Å². The number of imidazole rings is 1. The normalized spacial score (nSPS) is 18.8. The van der Waals surface area contributed by atoms with Gasteiger partial charge in [-0.05, 0) is 51.7 Å². The molecule has 1 aliphatic carbocycles. The Morgan fingerprint density at radius 2 is 1.94 bits per heavy atom. The third-order valence-corrected chi connectivity index (χ3v) is 6.07. The van der Waals surface area contributed by atoms with Crippen molar-refractivity contribution >= 4 is 57.9 Å². The molecule has 1 saturated carbocycles. The minimum Gasteiger partial charge on any atom is -0.369 e. The van der Waals surface area contributed by atoms with Crippen molar-refractivity contribution in [3.05, 3.63) is 34.2 Å². The summed E-state index contributed by atoms with van der Waals surface area (Å²) in [5, 5.41) is 6.55. The Morgan fingerprint density at radius 3 is 2.56 bits per heavy atom. The van der Waals surface area contributed by atoms with E-state index < -0.39 is 5.82 Å². The molecule has 0 unspecified atom stereocenters. The summed E-state index contributed by atoms with van der Waals surface area (Å²) in [6.45, 7) is 3.99. The number of halogens is 3. The molecular weight excluding hydrogens is 456 g/mol. The van der Waals surface area contributed by atoms with E-state index in [1.54, 1.807) is 6.20 Å². The largest absolute Gasteiger partial charge is 0.369 e. The summed E-state index contributed by atoms with van der Waals surface area (Å²) in [5.41, 5.74) is 6.74. The standard InChI is InChI=1S/C21H24Cl2FN7O/c1-10(2)27-20-26-9-16-19(30-20)31(13-5-3-11(4-6-13)18(25)32)21(28-16)29-17-14(23)7-12(22)8-15(17)24/h7-11,13H,3-6H2,1-2H3,(H2,25,32)(H,28,29)(H,26,27,30)/t11-,13+. The van der Waals surface area contributed by atoms with Crippen LogP contribution in [-0.4, -0.2) is 31.5 Å². The Bertz CT molecular complexity index is 1140. The van der Waals surface area contributed by atoms with Crippen molar-refractivity contribution in [1.29, 1.82) is 0 Å². The molecule has 2 heterocycles. The molecule has 0 atom stereocenters. The van der Waals surface area contributed by atoms with Crippen LogP contribution in [0.5, 0.6) is 0 Å². The zero-order chi connectivity index (χ0) is 23.0. The molecule has 2 aromatic heterocycles. The van der Waals surface area contributed by atoms with Crippen LogP contribution < -0.4 is 16.4 Å². The maximum absolute atomic E-state index is 14.6. The first-order chi connectivity index (χ1) is 15.2. The highest BCUT2D eigenvalue weighted by Gasteiger charge is 2.29. The van der Waals surface area contributed by atoms with E-state index in [1.807, 2.05) is 18.4 Å². The highest BCUT2D eigenvalue weighted by atomic mass is 35.5. The van der Waals surface area contributed by atoms with Gasteiger partial charge in [-0.25, -0.2) is 14.4 Å². The molecule has 1 aliphatic rings. The maximum atomic E-state index is 14.6. The lowest BCUT2D eigenvalue weighted by molar-refractivity contribution is -0.122. The minimum atomic E-state index is -0.591. The van der Waals surface area contributed by atoms with Gasteiger partial charge in [-0.15, -0.1) is 0 Å². The third-order valence-electron chi connectivity index (χ3n) is 5.56. The molecule has 170 valence electrons. The Morgan fingerprint density at radius 1 is 1.22 bits per heavy atom. The van der Waals surface area contributed by atoms with Crippen LogP contribution in [0.4, 0.5) is 22.0 Å². The van der Waals surface area contributed by atoms with Crippen LogP contribution in [0, 0.1) is 11.7 Å². The number of nitrogens with two attached hydrogens (primary N) is 1. The Hall–Kier alpha value is -2.65. The summed E-state index contributed by atoms with van der Waals surface area (Å²) in [6.07, 6.45) is 4.38. The molecule has 4 N–H and O–H groups in total. The van der Waals surface area contributed by atoms with Crippen LogP contribution in [0.25, 0.3) is 11.2 Å². The number of fused-ring (bicyclic) bond motifs is 1. The van der Waals surface area contributed by atoms with Crippen molar-refractivity contribution in [2.45, 2.75) is 51.6 Å². The number of nitrogens with one attached hydrogen (secondary N) is 2. The summed E-state index contributed by atoms with van der Waals surface area (Å²) in [5.74, 6) is -0.151. The van der Waals surface area contributed by atoms with E-state index in [0.717, 1.165) is 0 Å². The molecule has 4 rings (SSSR count). The Balaban J connectivity index is 1.78. The van der Waals surface area contributed by atoms with Gasteiger partial charge in [0.25, 0.3) is 0 Å². The van der Waals surface area contributed by atoms with Crippen LogP contribution >= 0.6 is 23.2 Å². The van der Waals surface area contributed by atoms with Crippen molar-refractivity contribution in [2.75, 3.05) is 10.6 Å². The minimum absolute atomic E-state index is 0.00552. The topological polar surface area (TPSA) is 111 Å². The number of rotatable bonds is 6. The average molecular weight is 480 g/mol. The molecule has 3 aromatic rings. The predicted molar refractivity (Wildman–Crippen MR) is 124 cm³/mol. The van der Waals surface area contributed by atoms with Crippen molar-refractivity contribution in [3.63, 3.8) is 0 Å². The predicted octanol–water partition coefficient (Wildman–Crippen LogP) is 5.05. The molecule has 11 heteroatoms. The highest BCUT2D eigenvalue weighted by Crippen LogP contribution is 2.38. The second kappa shape index (κ2) is 9.07. The van der Waals surface area contributed by atoms with E-state index in [-0.39, 0.29) is 39.6 Å². The van der Waals surface area contributed by atoms with E-state index in [0.29, 0.717) is 48.7 Å². The smallest absolute Gasteiger partial charge is 0.224 e. The first-order valence-corrected chi connectivity index (χ1v) is 11.2. The van der Waals surface area contributed by atoms with Gasteiger partial charge in [-0.1, -0.05) is 23.2 Å². The van der Waals surface area contributed by atoms with E-state index >= 15 is 0 Å². The van der Waals surface area contributed by atoms with Crippen molar-refractivity contribution in [3.8, 4) is 0 Å². The zero-order valence-electron chi connectivity index (χ0n) is 17.7. The van der Waals surface area contributed by atoms with E-state index in [4.69, 9.17) is 28.9 Å². The van der Waals surface area contributed by atoms with Crippen LogP contribution in [-0.2, 0) is 4.79 Å². The van der Waals surface area contributed by atoms with E-state index in [1.165, 1.54) is 12.1 Å². The first kappa shape index (κ1) is 22.5. The molecule has 1 amide bonds. The molecule has 1 fully saturated rings. The number of hydrogen-bond acceptors (Lipinski definition) is 6. The molecular formula is C21H24Cl2FN7O. The Kier molecular flexibility index (Phi) is 6.39. The first-order valence-electron chi connectivity index (χ1n) is 10.4. The van der Waals surface area contributed by atoms with Gasteiger partial charge in [0, 0.05) is 23.0 Å². The number of nitrogens with zero attached hydrogens (tertiary/aromatic N) is 4. The fourth-order valence-electron chi connectivity index (χ4n) is 4.04. The number of aromatic nitrogens is 4. The summed E-state index contributed by atoms with van der Waals surface area (Å²) >= 11 is 12.1. The van der Waals surface area contributed by atoms with Crippen LogP contribution in [0.15, 0.2) is 18.3 Å². The van der Waals surface area contributed by atoms with Gasteiger partial charge in [-0.2, -0.15) is 4.98 Å². The van der Waals surface area contributed by atoms with Crippen LogP contribution in [0.1, 0.15) is 45.6 Å². The molecule has 0 aliphatic heterocycles. The van der Waals surface area contributed by atoms with Gasteiger partial charge in [-0.3, -0.25) is 9.36 Å². The number of amides is 1. The average Bonchev–Trinajstić information content (AvgIpc) is 3.07. The van der Waals surface area contributed by atoms with Crippen LogP contribution in [0.3, 0.4) is 0 Å². The van der Waals surface area contributed by atoms with Gasteiger partial charge >= 0.3 is 0 Å². The number of carbonyl (C=O) groups excluding carboxylic acids is 1. The second-order valence-electron chi connectivity index (χ2n) is 8.28. The van der Waals surface area contributed by atoms with Crippen molar-refractivity contribution in [2.24, 2.45) is 11.7 Å². The van der Waals surface area contributed by atoms with Gasteiger partial charge in [0.2, 0.25) is 17.8 Å². The van der Waals surface area contributed by atoms with Crippen molar-refractivity contribution in [1.82, 2.24) is 19.5 Å². The second-order valence-corrected chi connectivity index (χ2v) is 9.13. The zero-order valence-corrected chi connectivity index (χ0v) is 19.2. The van der Waals surface area contributed by atoms with Gasteiger partial charge in [0.15, 0.2) is 5.65 Å². The monoisotopic (exact) mass is 479 g/mol. The summed E-state index contributed by atoms with van der Waals surface area (Å²) in [6, 6.07) is 2.79. The number of carbonyl (C=O) groups is 1. The molecule has 0 bridgehead atoms. The maximum Gasteiger partial charge on any atom is 0.224 e. The molecule has 32 heavy (non-hydrogen) atoms. The summed E-state index contributed by atoms with van der Waals surface area (Å²) in [7, 11) is 0. The molecule has 8 nitrogen and oxygen atoms in total.